The number of ether oxygens (including phenoxy) is 2. The maximum Gasteiger partial charge on any atom is 0.453 e. The molecular formula is C21H16F3NO7. The van der Waals surface area contributed by atoms with E-state index in [1.54, 1.807) is 19.1 Å². The summed E-state index contributed by atoms with van der Waals surface area (Å²) in [6, 6.07) is 9.52. The monoisotopic (exact) mass is 451 g/mol. The number of nitrogens with one attached hydrogen (secondary N) is 1. The van der Waals surface area contributed by atoms with E-state index in [0.29, 0.717) is 0 Å². The Bertz CT molecular complexity index is 1220. The van der Waals surface area contributed by atoms with Crippen molar-refractivity contribution in [2.75, 3.05) is 13.2 Å². The van der Waals surface area contributed by atoms with E-state index in [2.05, 4.69) is 5.32 Å². The van der Waals surface area contributed by atoms with Crippen molar-refractivity contribution < 1.29 is 41.8 Å². The molecule has 0 aliphatic heterocycles. The minimum atomic E-state index is -5.03. The van der Waals surface area contributed by atoms with Crippen molar-refractivity contribution in [1.29, 1.82) is 0 Å². The molecular weight excluding hydrogens is 435 g/mol. The first-order chi connectivity index (χ1) is 15.0. The Labute approximate surface area is 178 Å². The first-order valence-corrected chi connectivity index (χ1v) is 9.08. The average molecular weight is 451 g/mol. The van der Waals surface area contributed by atoms with Gasteiger partial charge in [0.15, 0.2) is 6.61 Å². The highest BCUT2D eigenvalue weighted by Crippen LogP contribution is 2.38. The summed E-state index contributed by atoms with van der Waals surface area (Å²) in [5, 5.41) is 10.4. The van der Waals surface area contributed by atoms with Gasteiger partial charge >= 0.3 is 12.1 Å². The zero-order valence-corrected chi connectivity index (χ0v) is 16.5. The number of carbonyl (C=O) groups is 2. The van der Waals surface area contributed by atoms with Gasteiger partial charge in [-0.25, -0.2) is 0 Å². The Hall–Kier alpha value is -4.02. The van der Waals surface area contributed by atoms with Crippen LogP contribution in [0.3, 0.4) is 0 Å². The van der Waals surface area contributed by atoms with E-state index in [0.717, 1.165) is 11.6 Å². The Morgan fingerprint density at radius 3 is 2.38 bits per heavy atom. The molecule has 2 N–H and O–H groups in total. The van der Waals surface area contributed by atoms with Crippen LogP contribution in [0.1, 0.15) is 11.3 Å². The van der Waals surface area contributed by atoms with Crippen molar-refractivity contribution in [2.45, 2.75) is 13.1 Å². The van der Waals surface area contributed by atoms with Crippen LogP contribution in [0, 0.1) is 6.92 Å². The lowest BCUT2D eigenvalue weighted by molar-refractivity contribution is -0.154. The van der Waals surface area contributed by atoms with Crippen LogP contribution in [0.4, 0.5) is 13.2 Å². The van der Waals surface area contributed by atoms with Gasteiger partial charge in [-0.3, -0.25) is 14.4 Å². The fraction of sp³-hybridized carbons (Fsp3) is 0.190. The predicted octanol–water partition coefficient (Wildman–Crippen LogP) is 3.49. The minimum Gasteiger partial charge on any atom is -0.484 e. The second-order valence-electron chi connectivity index (χ2n) is 6.62. The largest absolute Gasteiger partial charge is 0.484 e. The molecule has 168 valence electrons. The Morgan fingerprint density at radius 2 is 1.75 bits per heavy atom. The van der Waals surface area contributed by atoms with Crippen LogP contribution in [0.25, 0.3) is 11.0 Å². The number of rotatable bonds is 7. The topological polar surface area (TPSA) is 115 Å². The van der Waals surface area contributed by atoms with Gasteiger partial charge in [-0.05, 0) is 31.2 Å². The van der Waals surface area contributed by atoms with Crippen LogP contribution < -0.4 is 20.2 Å². The second kappa shape index (κ2) is 9.00. The summed E-state index contributed by atoms with van der Waals surface area (Å²) in [6.07, 6.45) is -5.03. The molecule has 0 saturated carbocycles. The molecule has 0 aliphatic rings. The number of alkyl halides is 3. The van der Waals surface area contributed by atoms with Gasteiger partial charge in [0.25, 0.3) is 11.7 Å². The number of hydrogen-bond acceptors (Lipinski definition) is 6. The molecule has 8 nitrogen and oxygen atoms in total. The van der Waals surface area contributed by atoms with Crippen LogP contribution in [-0.4, -0.2) is 30.1 Å². The van der Waals surface area contributed by atoms with Crippen LogP contribution >= 0.6 is 0 Å². The number of amides is 1. The average Bonchev–Trinajstić information content (AvgIpc) is 2.73. The third kappa shape index (κ3) is 5.36. The molecule has 11 heteroatoms. The number of aliphatic carboxylic acids is 1. The van der Waals surface area contributed by atoms with Crippen molar-refractivity contribution in [1.82, 2.24) is 5.32 Å². The van der Waals surface area contributed by atoms with Crippen LogP contribution in [-0.2, 0) is 15.8 Å². The molecule has 0 atom stereocenters. The summed E-state index contributed by atoms with van der Waals surface area (Å²) < 4.78 is 56.1. The zero-order chi connectivity index (χ0) is 23.5. The molecule has 0 unspecified atom stereocenters. The molecule has 0 spiro atoms. The summed E-state index contributed by atoms with van der Waals surface area (Å²) in [7, 11) is 0. The van der Waals surface area contributed by atoms with Gasteiger partial charge in [-0.2, -0.15) is 13.2 Å². The third-order valence-corrected chi connectivity index (χ3v) is 4.13. The molecule has 2 aromatic carbocycles. The number of carboxylic acid groups (broad SMARTS) is 1. The minimum absolute atomic E-state index is 0.0278. The number of hydrogen-bond donors (Lipinski definition) is 2. The number of carboxylic acids is 1. The Kier molecular flexibility index (Phi) is 6.37. The highest BCUT2D eigenvalue weighted by Gasteiger charge is 2.40. The number of fused-ring (bicyclic) bond motifs is 1. The number of halogens is 3. The van der Waals surface area contributed by atoms with Gasteiger partial charge in [0.2, 0.25) is 11.2 Å². The summed E-state index contributed by atoms with van der Waals surface area (Å²) in [6.45, 7) is 0.571. The molecule has 1 heterocycles. The fourth-order valence-corrected chi connectivity index (χ4v) is 2.62. The smallest absolute Gasteiger partial charge is 0.453 e. The molecule has 3 rings (SSSR count). The van der Waals surface area contributed by atoms with Gasteiger partial charge in [0.1, 0.15) is 23.6 Å². The molecule has 1 aromatic heterocycles. The van der Waals surface area contributed by atoms with Crippen molar-refractivity contribution in [3.63, 3.8) is 0 Å². The van der Waals surface area contributed by atoms with Gasteiger partial charge in [-0.1, -0.05) is 17.7 Å². The third-order valence-electron chi connectivity index (χ3n) is 4.13. The number of benzene rings is 2. The van der Waals surface area contributed by atoms with E-state index in [9.17, 15) is 27.6 Å². The molecule has 0 radical (unpaired) electrons. The summed E-state index contributed by atoms with van der Waals surface area (Å²) in [5.74, 6) is -4.67. The normalized spacial score (nSPS) is 11.2. The first kappa shape index (κ1) is 22.7. The van der Waals surface area contributed by atoms with Gasteiger partial charge in [0, 0.05) is 6.07 Å². The van der Waals surface area contributed by atoms with Crippen LogP contribution in [0.2, 0.25) is 0 Å². The molecule has 1 amide bonds. The Morgan fingerprint density at radius 1 is 1.09 bits per heavy atom. The highest BCUT2D eigenvalue weighted by molar-refractivity contribution is 5.83. The van der Waals surface area contributed by atoms with E-state index in [4.69, 9.17) is 19.0 Å². The number of carbonyl (C=O) groups excluding carboxylic acids is 1. The van der Waals surface area contributed by atoms with Crippen molar-refractivity contribution >= 4 is 22.8 Å². The van der Waals surface area contributed by atoms with E-state index < -0.39 is 53.7 Å². The van der Waals surface area contributed by atoms with Gasteiger partial charge < -0.3 is 24.3 Å². The fourth-order valence-electron chi connectivity index (χ4n) is 2.62. The molecule has 0 aliphatic carbocycles. The van der Waals surface area contributed by atoms with E-state index >= 15 is 0 Å². The summed E-state index contributed by atoms with van der Waals surface area (Å²) >= 11 is 0. The predicted molar refractivity (Wildman–Crippen MR) is 105 cm³/mol. The lowest BCUT2D eigenvalue weighted by atomic mass is 10.2. The Balaban J connectivity index is 1.94. The van der Waals surface area contributed by atoms with E-state index in [1.165, 1.54) is 24.3 Å². The highest BCUT2D eigenvalue weighted by atomic mass is 19.4. The van der Waals surface area contributed by atoms with Gasteiger partial charge in [-0.15, -0.1) is 0 Å². The second-order valence-corrected chi connectivity index (χ2v) is 6.62. The molecule has 0 fully saturated rings. The van der Waals surface area contributed by atoms with Crippen LogP contribution in [0.15, 0.2) is 51.7 Å². The maximum atomic E-state index is 13.6. The number of aryl methyl sites for hydroxylation is 1. The lowest BCUT2D eigenvalue weighted by Gasteiger charge is -2.14. The standard InChI is InChI=1S/C21H16F3NO7/c1-11-2-4-12(5-3-11)31-19-18(29)14-7-6-13(30-10-16(26)25-9-17(27)28)8-15(14)32-20(19)21(22,23)24/h2-8H,9-10H2,1H3,(H,25,26)(H,27,28). The van der Waals surface area contributed by atoms with Crippen LogP contribution in [0.5, 0.6) is 17.2 Å². The van der Waals surface area contributed by atoms with Crippen molar-refractivity contribution in [3.8, 4) is 17.2 Å². The van der Waals surface area contributed by atoms with E-state index in [-0.39, 0.29) is 16.9 Å². The quantitative estimate of drug-likeness (QED) is 0.565. The lowest BCUT2D eigenvalue weighted by Crippen LogP contribution is -2.33. The van der Waals surface area contributed by atoms with E-state index in [1.807, 2.05) is 0 Å². The zero-order valence-electron chi connectivity index (χ0n) is 16.5. The van der Waals surface area contributed by atoms with Crippen molar-refractivity contribution in [2.24, 2.45) is 0 Å². The van der Waals surface area contributed by atoms with Gasteiger partial charge in [0.05, 0.1) is 5.39 Å². The molecule has 3 aromatic rings. The first-order valence-electron chi connectivity index (χ1n) is 9.08. The molecule has 32 heavy (non-hydrogen) atoms. The SMILES string of the molecule is Cc1ccc(Oc2c(C(F)(F)F)oc3cc(OCC(=O)NCC(=O)O)ccc3c2=O)cc1. The summed E-state index contributed by atoms with van der Waals surface area (Å²) in [4.78, 5) is 34.7. The maximum absolute atomic E-state index is 13.6. The molecule has 0 bridgehead atoms. The van der Waals surface area contributed by atoms with Crippen molar-refractivity contribution in [3.05, 3.63) is 64.0 Å². The summed E-state index contributed by atoms with van der Waals surface area (Å²) in [5.41, 5.74) is -0.616. The molecule has 0 saturated heterocycles.